The van der Waals surface area contributed by atoms with Crippen molar-refractivity contribution >= 4 is 5.84 Å². The van der Waals surface area contributed by atoms with Gasteiger partial charge in [0.05, 0.1) is 19.6 Å². The molecule has 0 heterocycles. The van der Waals surface area contributed by atoms with Crippen LogP contribution >= 0.6 is 0 Å². The number of hydrogen-bond acceptors (Lipinski definition) is 2. The average molecular weight is 246 g/mol. The molecule has 0 fully saturated rings. The highest BCUT2D eigenvalue weighted by molar-refractivity contribution is 5.96. The first-order chi connectivity index (χ1) is 7.90. The van der Waals surface area contributed by atoms with Crippen LogP contribution in [-0.4, -0.2) is 18.6 Å². The third-order valence-electron chi connectivity index (χ3n) is 2.09. The van der Waals surface area contributed by atoms with Gasteiger partial charge in [0.2, 0.25) is 0 Å². The Bertz CT molecular complexity index is 391. The van der Waals surface area contributed by atoms with E-state index >= 15 is 0 Å². The van der Waals surface area contributed by atoms with Gasteiger partial charge in [-0.05, 0) is 5.56 Å². The second kappa shape index (κ2) is 5.67. The minimum Gasteiger partial charge on any atom is -0.384 e. The average Bonchev–Trinajstić information content (AvgIpc) is 2.23. The molecule has 17 heavy (non-hydrogen) atoms. The van der Waals surface area contributed by atoms with Gasteiger partial charge in [-0.3, -0.25) is 5.41 Å². The molecule has 0 saturated carbocycles. The molecular formula is C11H13F3N2O. The summed E-state index contributed by atoms with van der Waals surface area (Å²) in [7, 11) is 0. The van der Waals surface area contributed by atoms with Crippen LogP contribution < -0.4 is 5.73 Å². The molecule has 0 aliphatic carbocycles. The van der Waals surface area contributed by atoms with Crippen molar-refractivity contribution < 1.29 is 17.9 Å². The molecule has 0 bridgehead atoms. The highest BCUT2D eigenvalue weighted by Gasteiger charge is 2.26. The molecule has 0 atom stereocenters. The Morgan fingerprint density at radius 3 is 2.53 bits per heavy atom. The van der Waals surface area contributed by atoms with E-state index in [-0.39, 0.29) is 12.4 Å². The topological polar surface area (TPSA) is 59.1 Å². The summed E-state index contributed by atoms with van der Waals surface area (Å²) < 4.78 is 40.5. The van der Waals surface area contributed by atoms with Gasteiger partial charge in [0.1, 0.15) is 5.84 Å². The SMILES string of the molecule is N=C(N)c1ccccc1COCCC(F)(F)F. The maximum absolute atomic E-state index is 11.9. The molecule has 1 rings (SSSR count). The number of halogens is 3. The van der Waals surface area contributed by atoms with Gasteiger partial charge in [0.25, 0.3) is 0 Å². The van der Waals surface area contributed by atoms with Crippen LogP contribution in [0.5, 0.6) is 0 Å². The Morgan fingerprint density at radius 2 is 1.94 bits per heavy atom. The quantitative estimate of drug-likeness (QED) is 0.476. The lowest BCUT2D eigenvalue weighted by atomic mass is 10.1. The van der Waals surface area contributed by atoms with Crippen LogP contribution in [0.2, 0.25) is 0 Å². The Balaban J connectivity index is 2.49. The van der Waals surface area contributed by atoms with E-state index in [0.29, 0.717) is 11.1 Å². The zero-order valence-corrected chi connectivity index (χ0v) is 9.05. The van der Waals surface area contributed by atoms with Crippen LogP contribution in [0.1, 0.15) is 17.5 Å². The van der Waals surface area contributed by atoms with Gasteiger partial charge in [-0.1, -0.05) is 24.3 Å². The van der Waals surface area contributed by atoms with Crippen LogP contribution in [-0.2, 0) is 11.3 Å². The molecule has 0 spiro atoms. The fourth-order valence-electron chi connectivity index (χ4n) is 1.28. The maximum atomic E-state index is 11.9. The monoisotopic (exact) mass is 246 g/mol. The lowest BCUT2D eigenvalue weighted by Gasteiger charge is -2.10. The van der Waals surface area contributed by atoms with Gasteiger partial charge in [0, 0.05) is 5.56 Å². The number of amidine groups is 1. The minimum atomic E-state index is -4.21. The third kappa shape index (κ3) is 4.86. The van der Waals surface area contributed by atoms with Gasteiger partial charge in [0.15, 0.2) is 0 Å². The summed E-state index contributed by atoms with van der Waals surface area (Å²) in [4.78, 5) is 0. The molecule has 0 aromatic heterocycles. The number of nitrogen functional groups attached to an aromatic ring is 1. The predicted octanol–water partition coefficient (Wildman–Crippen LogP) is 2.44. The minimum absolute atomic E-state index is 0.0197. The Labute approximate surface area is 96.9 Å². The van der Waals surface area contributed by atoms with Gasteiger partial charge >= 0.3 is 6.18 Å². The van der Waals surface area contributed by atoms with E-state index < -0.39 is 19.2 Å². The summed E-state index contributed by atoms with van der Waals surface area (Å²) in [6, 6.07) is 6.72. The van der Waals surface area contributed by atoms with Gasteiger partial charge in [-0.25, -0.2) is 0 Å². The maximum Gasteiger partial charge on any atom is 0.391 e. The Kier molecular flexibility index (Phi) is 4.51. The normalized spacial score (nSPS) is 11.5. The van der Waals surface area contributed by atoms with Crippen molar-refractivity contribution in [3.05, 3.63) is 35.4 Å². The second-order valence-electron chi connectivity index (χ2n) is 3.49. The van der Waals surface area contributed by atoms with Gasteiger partial charge < -0.3 is 10.5 Å². The summed E-state index contributed by atoms with van der Waals surface area (Å²) in [5.41, 5.74) is 6.43. The van der Waals surface area contributed by atoms with Crippen molar-refractivity contribution in [2.75, 3.05) is 6.61 Å². The molecule has 0 unspecified atom stereocenters. The summed E-state index contributed by atoms with van der Waals surface area (Å²) in [6.45, 7) is -0.373. The number of hydrogen-bond donors (Lipinski definition) is 2. The van der Waals surface area contributed by atoms with Crippen LogP contribution in [0.25, 0.3) is 0 Å². The lowest BCUT2D eigenvalue weighted by Crippen LogP contribution is -2.15. The van der Waals surface area contributed by atoms with E-state index in [4.69, 9.17) is 15.9 Å². The van der Waals surface area contributed by atoms with Crippen LogP contribution in [0.15, 0.2) is 24.3 Å². The van der Waals surface area contributed by atoms with E-state index in [9.17, 15) is 13.2 Å². The molecule has 6 heteroatoms. The van der Waals surface area contributed by atoms with Crippen molar-refractivity contribution in [3.8, 4) is 0 Å². The standard InChI is InChI=1S/C11H13F3N2O/c12-11(13,14)5-6-17-7-8-3-1-2-4-9(8)10(15)16/h1-4H,5-7H2,(H3,15,16). The molecule has 0 amide bonds. The Hall–Kier alpha value is -1.56. The fourth-order valence-corrected chi connectivity index (χ4v) is 1.28. The summed E-state index contributed by atoms with van der Waals surface area (Å²) in [5.74, 6) is -0.125. The first-order valence-corrected chi connectivity index (χ1v) is 4.97. The van der Waals surface area contributed by atoms with E-state index in [1.54, 1.807) is 24.3 Å². The largest absolute Gasteiger partial charge is 0.391 e. The van der Waals surface area contributed by atoms with Crippen molar-refractivity contribution in [1.29, 1.82) is 5.41 Å². The first-order valence-electron chi connectivity index (χ1n) is 4.97. The number of rotatable bonds is 5. The number of nitrogens with one attached hydrogen (secondary N) is 1. The predicted molar refractivity (Wildman–Crippen MR) is 57.8 cm³/mol. The number of nitrogens with two attached hydrogens (primary N) is 1. The van der Waals surface area contributed by atoms with Gasteiger partial charge in [-0.15, -0.1) is 0 Å². The molecule has 0 radical (unpaired) electrons. The van der Waals surface area contributed by atoms with E-state index in [0.717, 1.165) is 0 Å². The van der Waals surface area contributed by atoms with E-state index in [2.05, 4.69) is 0 Å². The van der Waals surface area contributed by atoms with E-state index in [1.165, 1.54) is 0 Å². The zero-order valence-electron chi connectivity index (χ0n) is 9.05. The second-order valence-corrected chi connectivity index (χ2v) is 3.49. The molecule has 94 valence electrons. The number of alkyl halides is 3. The molecule has 3 nitrogen and oxygen atoms in total. The Morgan fingerprint density at radius 1 is 1.29 bits per heavy atom. The highest BCUT2D eigenvalue weighted by atomic mass is 19.4. The lowest BCUT2D eigenvalue weighted by molar-refractivity contribution is -0.146. The van der Waals surface area contributed by atoms with Crippen LogP contribution in [0.3, 0.4) is 0 Å². The number of benzene rings is 1. The first kappa shape index (κ1) is 13.5. The van der Waals surface area contributed by atoms with Crippen molar-refractivity contribution in [3.63, 3.8) is 0 Å². The molecule has 1 aromatic rings. The molecule has 0 aliphatic rings. The molecule has 3 N–H and O–H groups in total. The number of ether oxygens (including phenoxy) is 1. The highest BCUT2D eigenvalue weighted by Crippen LogP contribution is 2.19. The molecular weight excluding hydrogens is 233 g/mol. The van der Waals surface area contributed by atoms with Crippen molar-refractivity contribution in [2.45, 2.75) is 19.2 Å². The zero-order chi connectivity index (χ0) is 12.9. The van der Waals surface area contributed by atoms with Crippen molar-refractivity contribution in [2.24, 2.45) is 5.73 Å². The molecule has 0 saturated heterocycles. The molecule has 1 aromatic carbocycles. The summed E-state index contributed by atoms with van der Waals surface area (Å²) in [5, 5.41) is 7.30. The van der Waals surface area contributed by atoms with E-state index in [1.807, 2.05) is 0 Å². The third-order valence-corrected chi connectivity index (χ3v) is 2.09. The summed E-state index contributed by atoms with van der Waals surface area (Å²) in [6.07, 6.45) is -5.19. The smallest absolute Gasteiger partial charge is 0.384 e. The summed E-state index contributed by atoms with van der Waals surface area (Å²) >= 11 is 0. The fraction of sp³-hybridized carbons (Fsp3) is 0.364. The molecule has 0 aliphatic heterocycles. The van der Waals surface area contributed by atoms with Crippen molar-refractivity contribution in [1.82, 2.24) is 0 Å². The van der Waals surface area contributed by atoms with Crippen LogP contribution in [0, 0.1) is 5.41 Å². The van der Waals surface area contributed by atoms with Gasteiger partial charge in [-0.2, -0.15) is 13.2 Å². The van der Waals surface area contributed by atoms with Crippen LogP contribution in [0.4, 0.5) is 13.2 Å².